The van der Waals surface area contributed by atoms with E-state index in [-0.39, 0.29) is 5.92 Å². The quantitative estimate of drug-likeness (QED) is 0.122. The van der Waals surface area contributed by atoms with Crippen LogP contribution in [0, 0.1) is 12.8 Å². The number of furan rings is 2. The van der Waals surface area contributed by atoms with Crippen LogP contribution in [0.4, 0.5) is 34.1 Å². The van der Waals surface area contributed by atoms with Crippen molar-refractivity contribution in [3.8, 4) is 44.5 Å². The molecule has 0 unspecified atom stereocenters. The van der Waals surface area contributed by atoms with Crippen molar-refractivity contribution in [2.75, 3.05) is 9.80 Å². The van der Waals surface area contributed by atoms with E-state index in [4.69, 9.17) is 8.83 Å². The average Bonchev–Trinajstić information content (AvgIpc) is 1.35. The van der Waals surface area contributed by atoms with Gasteiger partial charge in [-0.05, 0) is 153 Å². The van der Waals surface area contributed by atoms with Gasteiger partial charge in [-0.25, -0.2) is 0 Å². The number of para-hydroxylation sites is 3. The number of hydrogen-bond donors (Lipinski definition) is 0. The molecule has 2 heterocycles. The number of rotatable bonds is 12. The number of allylic oxidation sites excluding steroid dienone is 2. The van der Waals surface area contributed by atoms with Gasteiger partial charge < -0.3 is 18.6 Å². The molecule has 0 saturated carbocycles. The van der Waals surface area contributed by atoms with Gasteiger partial charge in [-0.1, -0.05) is 266 Å². The minimum Gasteiger partial charge on any atom is -0.454 e. The standard InChI is InChI=1S/C84H68N2O2.C2H6/c1-54(2)65-31-18-19-32-68-70-35-22-38-80(84(70)87-81(65)68)86(78-50-45-63(58-25-12-7-13-26-58)52-74(78)60-29-16-9-17-30-60)76-48-43-61-41-42-64-53-72(61)67(76)46-39-56(5)40-47-75(64)85(79-37-21-36-71-69-34-20-33-66(55(3)4)82(69)88-83(71)79)77-49-44-62(57-23-10-6-11-24-57)51-73(77)59-27-14-8-15-28-59;1-2/h6-17,20-31,33-55H,18-19,32H2,1-5H3;1-2H3. The van der Waals surface area contributed by atoms with Gasteiger partial charge in [0, 0.05) is 38.2 Å². The highest BCUT2D eigenvalue weighted by atomic mass is 16.3. The summed E-state index contributed by atoms with van der Waals surface area (Å²) >= 11 is 0. The third-order valence-electron chi connectivity index (χ3n) is 18.0. The Morgan fingerprint density at radius 2 is 0.833 bits per heavy atom. The number of hydrogen-bond acceptors (Lipinski definition) is 4. The molecule has 4 nitrogen and oxygen atoms in total. The molecule has 12 aromatic carbocycles. The molecule has 0 N–H and O–H groups in total. The van der Waals surface area contributed by atoms with Crippen LogP contribution in [0.1, 0.15) is 82.8 Å². The molecule has 1 aliphatic rings. The Labute approximate surface area is 529 Å². The molecule has 2 aromatic heterocycles. The zero-order valence-electron chi connectivity index (χ0n) is 52.5. The van der Waals surface area contributed by atoms with Gasteiger partial charge in [-0.15, -0.1) is 0 Å². The van der Waals surface area contributed by atoms with Gasteiger partial charge in [0.1, 0.15) is 11.3 Å². The molecule has 4 heteroatoms. The molecular weight excluding hydrogens is 1090 g/mol. The minimum absolute atomic E-state index is 0.268. The molecule has 0 aliphatic heterocycles. The topological polar surface area (TPSA) is 32.8 Å². The molecule has 0 amide bonds. The maximum absolute atomic E-state index is 7.42. The summed E-state index contributed by atoms with van der Waals surface area (Å²) < 4.78 is 14.7. The lowest BCUT2D eigenvalue weighted by molar-refractivity contribution is 0.584. The van der Waals surface area contributed by atoms with Gasteiger partial charge in [0.05, 0.1) is 34.1 Å². The van der Waals surface area contributed by atoms with Crippen molar-refractivity contribution in [1.82, 2.24) is 0 Å². The van der Waals surface area contributed by atoms with E-state index in [0.29, 0.717) is 5.92 Å². The number of aryl methyl sites for hydroxylation is 2. The molecule has 14 aromatic rings. The Hall–Kier alpha value is -10.4. The van der Waals surface area contributed by atoms with E-state index < -0.39 is 0 Å². The second-order valence-corrected chi connectivity index (χ2v) is 24.2. The summed E-state index contributed by atoms with van der Waals surface area (Å²) in [6, 6.07) is 98.0. The highest BCUT2D eigenvalue weighted by molar-refractivity contribution is 6.15. The van der Waals surface area contributed by atoms with Crippen molar-refractivity contribution in [3.63, 3.8) is 0 Å². The Bertz CT molecular complexity index is 5010. The van der Waals surface area contributed by atoms with Crippen LogP contribution in [-0.2, 0) is 6.42 Å². The predicted molar refractivity (Wildman–Crippen MR) is 384 cm³/mol. The molecular formula is C86H74N2O2. The van der Waals surface area contributed by atoms with E-state index in [1.54, 1.807) is 0 Å². The van der Waals surface area contributed by atoms with Crippen LogP contribution in [0.3, 0.4) is 0 Å². The first-order chi connectivity index (χ1) is 44.2. The SMILES string of the molecule is CC.Cc1ccc(N(c2ccc(-c3ccccc3)cc2-c2ccccc2)c2cccc3c2oc2c(C(C)C)cccc23)c2ccc3ccc(N(c4ccc(-c5ccccc5)cc4-c4ccccc4)c4cccc5c6c(oc45)C(C(C)C)=CCCC6)c(cc1)c3c2. The fraction of sp³-hybridized carbons (Fsp3) is 0.140. The third-order valence-corrected chi connectivity index (χ3v) is 18.0. The Balaban J connectivity index is 0.00000350. The molecule has 440 valence electrons. The van der Waals surface area contributed by atoms with E-state index in [1.807, 2.05) is 13.8 Å². The fourth-order valence-corrected chi connectivity index (χ4v) is 13.6. The van der Waals surface area contributed by atoms with Gasteiger partial charge in [-0.2, -0.15) is 0 Å². The molecule has 15 rings (SSSR count). The number of nitrogens with zero attached hydrogens (tertiary/aromatic N) is 2. The summed E-state index contributed by atoms with van der Waals surface area (Å²) in [5.41, 5.74) is 22.7. The molecule has 0 fully saturated rings. The molecule has 0 radical (unpaired) electrons. The first-order valence-corrected chi connectivity index (χ1v) is 32.2. The first-order valence-electron chi connectivity index (χ1n) is 32.2. The largest absolute Gasteiger partial charge is 0.454 e. The van der Waals surface area contributed by atoms with Gasteiger partial charge in [0.15, 0.2) is 11.2 Å². The molecule has 2 bridgehead atoms. The monoisotopic (exact) mass is 1170 g/mol. The van der Waals surface area contributed by atoms with Crippen LogP contribution in [0.2, 0.25) is 0 Å². The number of anilines is 6. The Morgan fingerprint density at radius 3 is 1.42 bits per heavy atom. The van der Waals surface area contributed by atoms with Crippen LogP contribution >= 0.6 is 0 Å². The van der Waals surface area contributed by atoms with Crippen LogP contribution in [0.25, 0.3) is 105 Å². The molecule has 0 spiro atoms. The maximum Gasteiger partial charge on any atom is 0.159 e. The zero-order valence-corrected chi connectivity index (χ0v) is 52.5. The maximum atomic E-state index is 7.42. The predicted octanol–water partition coefficient (Wildman–Crippen LogP) is 25.6. The molecule has 90 heavy (non-hydrogen) atoms. The number of fused-ring (bicyclic) bond motifs is 7. The van der Waals surface area contributed by atoms with Gasteiger partial charge in [0.2, 0.25) is 0 Å². The van der Waals surface area contributed by atoms with Crippen molar-refractivity contribution in [2.24, 2.45) is 5.92 Å². The van der Waals surface area contributed by atoms with Crippen molar-refractivity contribution >= 4 is 94.2 Å². The highest BCUT2D eigenvalue weighted by Gasteiger charge is 2.29. The van der Waals surface area contributed by atoms with Crippen LogP contribution in [0.5, 0.6) is 0 Å². The Morgan fingerprint density at radius 1 is 0.344 bits per heavy atom. The number of benzene rings is 11. The molecule has 0 saturated heterocycles. The lowest BCUT2D eigenvalue weighted by Crippen LogP contribution is -2.12. The summed E-state index contributed by atoms with van der Waals surface area (Å²) in [4.78, 5) is 4.96. The van der Waals surface area contributed by atoms with E-state index in [2.05, 4.69) is 317 Å². The van der Waals surface area contributed by atoms with Crippen LogP contribution < -0.4 is 9.80 Å². The van der Waals surface area contributed by atoms with Gasteiger partial charge >= 0.3 is 0 Å². The van der Waals surface area contributed by atoms with E-state index in [1.165, 1.54) is 27.6 Å². The van der Waals surface area contributed by atoms with E-state index in [0.717, 1.165) is 153 Å². The van der Waals surface area contributed by atoms with E-state index in [9.17, 15) is 0 Å². The summed E-state index contributed by atoms with van der Waals surface area (Å²) in [7, 11) is 0. The summed E-state index contributed by atoms with van der Waals surface area (Å²) in [6.45, 7) is 15.3. The van der Waals surface area contributed by atoms with Crippen molar-refractivity contribution in [3.05, 3.63) is 295 Å². The molecule has 0 atom stereocenters. The normalized spacial score (nSPS) is 12.3. The average molecular weight is 1170 g/mol. The van der Waals surface area contributed by atoms with Crippen LogP contribution in [0.15, 0.2) is 282 Å². The second kappa shape index (κ2) is 24.6. The second-order valence-electron chi connectivity index (χ2n) is 24.2. The van der Waals surface area contributed by atoms with E-state index >= 15 is 0 Å². The Kier molecular flexibility index (Phi) is 15.7. The smallest absolute Gasteiger partial charge is 0.159 e. The van der Waals surface area contributed by atoms with Crippen molar-refractivity contribution in [1.29, 1.82) is 0 Å². The zero-order chi connectivity index (χ0) is 61.4. The summed E-state index contributed by atoms with van der Waals surface area (Å²) in [5, 5.41) is 7.77. The summed E-state index contributed by atoms with van der Waals surface area (Å²) in [6.07, 6.45) is 5.49. The minimum atomic E-state index is 0.268. The first kappa shape index (κ1) is 57.3. The molecule has 1 aliphatic carbocycles. The van der Waals surface area contributed by atoms with Crippen molar-refractivity contribution in [2.45, 2.75) is 73.6 Å². The highest BCUT2D eigenvalue weighted by Crippen LogP contribution is 2.52. The lowest BCUT2D eigenvalue weighted by Gasteiger charge is -2.30. The summed E-state index contributed by atoms with van der Waals surface area (Å²) in [5.74, 6) is 1.60. The van der Waals surface area contributed by atoms with Gasteiger partial charge in [0.25, 0.3) is 0 Å². The van der Waals surface area contributed by atoms with Crippen LogP contribution in [-0.4, -0.2) is 0 Å². The van der Waals surface area contributed by atoms with Gasteiger partial charge in [-0.3, -0.25) is 0 Å². The van der Waals surface area contributed by atoms with Crippen molar-refractivity contribution < 1.29 is 8.83 Å². The fourth-order valence-electron chi connectivity index (χ4n) is 13.6. The lowest BCUT2D eigenvalue weighted by atomic mass is 9.94. The third kappa shape index (κ3) is 10.5.